The first-order valence-electron chi connectivity index (χ1n) is 7.16. The topological polar surface area (TPSA) is 80.3 Å². The van der Waals surface area contributed by atoms with Crippen molar-refractivity contribution in [2.75, 3.05) is 18.1 Å². The fourth-order valence-corrected chi connectivity index (χ4v) is 5.22. The quantitative estimate of drug-likeness (QED) is 0.851. The largest absolute Gasteiger partial charge is 0.224 e. The Hall–Kier alpha value is -0.920. The predicted octanol–water partition coefficient (Wildman–Crippen LogP) is 1.28. The highest BCUT2D eigenvalue weighted by Crippen LogP contribution is 2.25. The minimum atomic E-state index is -3.18. The van der Waals surface area contributed by atoms with Crippen molar-refractivity contribution in [1.82, 2.24) is 4.72 Å². The second kappa shape index (κ2) is 6.46. The van der Waals surface area contributed by atoms with Gasteiger partial charge in [0.2, 0.25) is 10.0 Å². The minimum absolute atomic E-state index is 0.134. The van der Waals surface area contributed by atoms with Gasteiger partial charge in [0, 0.05) is 6.54 Å². The second-order valence-corrected chi connectivity index (χ2v) is 9.33. The summed E-state index contributed by atoms with van der Waals surface area (Å²) in [6.07, 6.45) is 2.58. The van der Waals surface area contributed by atoms with Crippen molar-refractivity contribution in [3.63, 3.8) is 0 Å². The molecule has 0 fully saturated rings. The summed E-state index contributed by atoms with van der Waals surface area (Å²) < 4.78 is 49.5. The van der Waals surface area contributed by atoms with Crippen LogP contribution in [0.2, 0.25) is 0 Å². The van der Waals surface area contributed by atoms with Crippen LogP contribution >= 0.6 is 0 Å². The van der Waals surface area contributed by atoms with E-state index in [9.17, 15) is 16.8 Å². The van der Waals surface area contributed by atoms with Gasteiger partial charge in [-0.2, -0.15) is 0 Å². The average molecular weight is 331 g/mol. The highest BCUT2D eigenvalue weighted by atomic mass is 32.2. The van der Waals surface area contributed by atoms with Crippen LogP contribution in [0.4, 0.5) is 0 Å². The molecule has 7 heteroatoms. The number of sulfonamides is 1. The van der Waals surface area contributed by atoms with Gasteiger partial charge in [0.1, 0.15) is 0 Å². The first kappa shape index (κ1) is 16.5. The van der Waals surface area contributed by atoms with Crippen LogP contribution in [0, 0.1) is 0 Å². The lowest BCUT2D eigenvalue weighted by atomic mass is 10.0. The van der Waals surface area contributed by atoms with Gasteiger partial charge >= 0.3 is 0 Å². The molecule has 2 rings (SSSR count). The maximum absolute atomic E-state index is 11.9. The molecule has 1 N–H and O–H groups in total. The van der Waals surface area contributed by atoms with E-state index in [1.807, 2.05) is 13.0 Å². The van der Waals surface area contributed by atoms with Crippen LogP contribution in [-0.2, 0) is 32.7 Å². The van der Waals surface area contributed by atoms with E-state index < -0.39 is 19.9 Å². The number of hydrogen-bond donors (Lipinski definition) is 1. The zero-order chi connectivity index (χ0) is 15.5. The molecular weight excluding hydrogens is 310 g/mol. The van der Waals surface area contributed by atoms with Gasteiger partial charge in [0.25, 0.3) is 0 Å². The molecule has 0 spiro atoms. The van der Waals surface area contributed by atoms with E-state index in [1.54, 1.807) is 12.1 Å². The number of sulfone groups is 1. The van der Waals surface area contributed by atoms with Crippen molar-refractivity contribution >= 4 is 19.9 Å². The molecule has 1 aromatic rings. The van der Waals surface area contributed by atoms with Gasteiger partial charge in [0.15, 0.2) is 9.84 Å². The standard InChI is InChI=1S/C14H21NO4S2/c1-2-9-21(18,19)15-8-7-12-5-6-14-13(11-12)4-3-10-20(14,16)17/h5-6,11,15H,2-4,7-10H2,1H3. The lowest BCUT2D eigenvalue weighted by Gasteiger charge is -2.17. The normalized spacial score (nSPS) is 17.4. The molecule has 0 aliphatic carbocycles. The summed E-state index contributed by atoms with van der Waals surface area (Å²) in [4.78, 5) is 0.434. The predicted molar refractivity (Wildman–Crippen MR) is 82.6 cm³/mol. The van der Waals surface area contributed by atoms with Gasteiger partial charge in [-0.05, 0) is 42.9 Å². The number of fused-ring (bicyclic) bond motifs is 1. The van der Waals surface area contributed by atoms with E-state index in [1.165, 1.54) is 0 Å². The lowest BCUT2D eigenvalue weighted by Crippen LogP contribution is -2.28. The van der Waals surface area contributed by atoms with Crippen LogP contribution in [0.5, 0.6) is 0 Å². The SMILES string of the molecule is CCCS(=O)(=O)NCCc1ccc2c(c1)CCCS2(=O)=O. The first-order valence-corrected chi connectivity index (χ1v) is 10.5. The van der Waals surface area contributed by atoms with Crippen molar-refractivity contribution in [2.24, 2.45) is 0 Å². The molecule has 1 aromatic carbocycles. The van der Waals surface area contributed by atoms with Gasteiger partial charge in [-0.1, -0.05) is 19.1 Å². The minimum Gasteiger partial charge on any atom is -0.224 e. The summed E-state index contributed by atoms with van der Waals surface area (Å²) in [5.74, 6) is 0.353. The molecule has 118 valence electrons. The van der Waals surface area contributed by atoms with Crippen molar-refractivity contribution in [3.05, 3.63) is 29.3 Å². The summed E-state index contributed by atoms with van der Waals surface area (Å²) in [6.45, 7) is 2.16. The molecule has 0 saturated carbocycles. The molecule has 0 saturated heterocycles. The number of benzene rings is 1. The highest BCUT2D eigenvalue weighted by Gasteiger charge is 2.23. The molecule has 1 aliphatic rings. The third-order valence-electron chi connectivity index (χ3n) is 3.53. The number of hydrogen-bond acceptors (Lipinski definition) is 4. The van der Waals surface area contributed by atoms with Crippen molar-refractivity contribution < 1.29 is 16.8 Å². The van der Waals surface area contributed by atoms with Crippen LogP contribution < -0.4 is 4.72 Å². The molecule has 1 aliphatic heterocycles. The third kappa shape index (κ3) is 4.28. The Bertz CT molecular complexity index is 708. The molecule has 0 atom stereocenters. The first-order chi connectivity index (χ1) is 9.84. The van der Waals surface area contributed by atoms with E-state index in [0.29, 0.717) is 30.7 Å². The van der Waals surface area contributed by atoms with Crippen molar-refractivity contribution in [3.8, 4) is 0 Å². The average Bonchev–Trinajstić information content (AvgIpc) is 2.37. The maximum Gasteiger partial charge on any atom is 0.211 e. The molecule has 0 bridgehead atoms. The fraction of sp³-hybridized carbons (Fsp3) is 0.571. The van der Waals surface area contributed by atoms with Crippen LogP contribution in [0.15, 0.2) is 23.1 Å². The smallest absolute Gasteiger partial charge is 0.211 e. The second-order valence-electron chi connectivity index (χ2n) is 5.33. The zero-order valence-corrected chi connectivity index (χ0v) is 13.8. The lowest BCUT2D eigenvalue weighted by molar-refractivity contribution is 0.580. The van der Waals surface area contributed by atoms with Gasteiger partial charge in [-0.3, -0.25) is 0 Å². The summed E-state index contributed by atoms with van der Waals surface area (Å²) >= 11 is 0. The Morgan fingerprint density at radius 2 is 2.05 bits per heavy atom. The molecule has 0 aromatic heterocycles. The molecular formula is C14H21NO4S2. The molecule has 5 nitrogen and oxygen atoms in total. The monoisotopic (exact) mass is 331 g/mol. The van der Waals surface area contributed by atoms with E-state index >= 15 is 0 Å². The highest BCUT2D eigenvalue weighted by molar-refractivity contribution is 7.91. The van der Waals surface area contributed by atoms with E-state index in [0.717, 1.165) is 17.5 Å². The summed E-state index contributed by atoms with van der Waals surface area (Å²) in [7, 11) is -6.31. The Morgan fingerprint density at radius 1 is 1.29 bits per heavy atom. The molecule has 0 radical (unpaired) electrons. The van der Waals surface area contributed by atoms with Gasteiger partial charge in [0.05, 0.1) is 16.4 Å². The van der Waals surface area contributed by atoms with E-state index in [4.69, 9.17) is 0 Å². The summed E-state index contributed by atoms with van der Waals surface area (Å²) in [5.41, 5.74) is 1.82. The third-order valence-corrected chi connectivity index (χ3v) is 7.01. The fourth-order valence-electron chi connectivity index (χ4n) is 2.54. The van der Waals surface area contributed by atoms with Gasteiger partial charge < -0.3 is 0 Å². The van der Waals surface area contributed by atoms with Crippen LogP contribution in [0.25, 0.3) is 0 Å². The van der Waals surface area contributed by atoms with Crippen molar-refractivity contribution in [2.45, 2.75) is 37.5 Å². The number of nitrogens with one attached hydrogen (secondary N) is 1. The maximum atomic E-state index is 11.9. The van der Waals surface area contributed by atoms with E-state index in [-0.39, 0.29) is 11.5 Å². The van der Waals surface area contributed by atoms with Crippen LogP contribution in [0.3, 0.4) is 0 Å². The summed E-state index contributed by atoms with van der Waals surface area (Å²) in [6, 6.07) is 5.32. The Labute approximate surface area is 126 Å². The van der Waals surface area contributed by atoms with Crippen LogP contribution in [-0.4, -0.2) is 34.9 Å². The van der Waals surface area contributed by atoms with Gasteiger partial charge in [-0.15, -0.1) is 0 Å². The molecule has 21 heavy (non-hydrogen) atoms. The molecule has 0 unspecified atom stereocenters. The Balaban J connectivity index is 2.04. The van der Waals surface area contributed by atoms with E-state index in [2.05, 4.69) is 4.72 Å². The van der Waals surface area contributed by atoms with Gasteiger partial charge in [-0.25, -0.2) is 21.6 Å². The number of aryl methyl sites for hydroxylation is 1. The van der Waals surface area contributed by atoms with Crippen molar-refractivity contribution in [1.29, 1.82) is 0 Å². The van der Waals surface area contributed by atoms with Crippen LogP contribution in [0.1, 0.15) is 30.9 Å². The zero-order valence-electron chi connectivity index (χ0n) is 12.1. The Morgan fingerprint density at radius 3 is 2.76 bits per heavy atom. The molecule has 1 heterocycles. The summed E-state index contributed by atoms with van der Waals surface area (Å²) in [5, 5.41) is 0. The molecule has 0 amide bonds. The Kier molecular flexibility index (Phi) is 5.06. The number of rotatable bonds is 6.